The van der Waals surface area contributed by atoms with Crippen molar-refractivity contribution in [1.82, 2.24) is 5.32 Å². The van der Waals surface area contributed by atoms with Gasteiger partial charge in [0.25, 0.3) is 0 Å². The van der Waals surface area contributed by atoms with Gasteiger partial charge in [0.15, 0.2) is 0 Å². The lowest BCUT2D eigenvalue weighted by Gasteiger charge is -2.17. The minimum Gasteiger partial charge on any atom is -0.381 e. The molecule has 0 fully saturated rings. The lowest BCUT2D eigenvalue weighted by molar-refractivity contribution is -0.120. The van der Waals surface area contributed by atoms with Crippen molar-refractivity contribution in [2.75, 3.05) is 31.3 Å². The summed E-state index contributed by atoms with van der Waals surface area (Å²) in [6, 6.07) is 0. The summed E-state index contributed by atoms with van der Waals surface area (Å²) in [5.74, 6) is 2.22. The van der Waals surface area contributed by atoms with Gasteiger partial charge in [-0.1, -0.05) is 49.3 Å². The van der Waals surface area contributed by atoms with E-state index in [0.29, 0.717) is 6.42 Å². The fourth-order valence-electron chi connectivity index (χ4n) is 1.20. The first-order chi connectivity index (χ1) is 8.95. The Bertz CT molecular complexity index is 230. The zero-order chi connectivity index (χ0) is 14.6. The Kier molecular flexibility index (Phi) is 12.0. The summed E-state index contributed by atoms with van der Waals surface area (Å²) in [4.78, 5) is 11.5. The second kappa shape index (κ2) is 11.9. The van der Waals surface area contributed by atoms with Crippen molar-refractivity contribution in [1.29, 1.82) is 0 Å². The molecule has 0 aromatic rings. The summed E-state index contributed by atoms with van der Waals surface area (Å²) in [7, 11) is 3.64. The van der Waals surface area contributed by atoms with Crippen LogP contribution in [0.2, 0.25) is 0 Å². The standard InChI is InChI=1S/C14H29NO2S2/c1-5-10-18-19-11-7-13(16)15-8-6-9-17-12-14(2,3)4/h5-12H2,1-4H3,(H,15,16). The smallest absolute Gasteiger partial charge is 0.220 e. The van der Waals surface area contributed by atoms with E-state index in [1.54, 1.807) is 10.8 Å². The highest BCUT2D eigenvalue weighted by atomic mass is 33.1. The molecular weight excluding hydrogens is 278 g/mol. The Morgan fingerprint density at radius 1 is 1.21 bits per heavy atom. The van der Waals surface area contributed by atoms with Crippen molar-refractivity contribution in [2.24, 2.45) is 5.41 Å². The summed E-state index contributed by atoms with van der Waals surface area (Å²) in [6.45, 7) is 10.8. The summed E-state index contributed by atoms with van der Waals surface area (Å²) < 4.78 is 5.55. The quantitative estimate of drug-likeness (QED) is 0.466. The first kappa shape index (κ1) is 19.1. The molecule has 0 aromatic carbocycles. The minimum atomic E-state index is 0.153. The topological polar surface area (TPSA) is 38.3 Å². The lowest BCUT2D eigenvalue weighted by atomic mass is 9.99. The Hall–Kier alpha value is 0.130. The van der Waals surface area contributed by atoms with Crippen LogP contribution in [0, 0.1) is 5.41 Å². The molecule has 19 heavy (non-hydrogen) atoms. The molecule has 0 aliphatic heterocycles. The zero-order valence-electron chi connectivity index (χ0n) is 12.8. The van der Waals surface area contributed by atoms with Crippen molar-refractivity contribution < 1.29 is 9.53 Å². The van der Waals surface area contributed by atoms with Gasteiger partial charge in [0, 0.05) is 31.1 Å². The molecule has 0 bridgehead atoms. The van der Waals surface area contributed by atoms with E-state index in [2.05, 4.69) is 33.0 Å². The van der Waals surface area contributed by atoms with Gasteiger partial charge < -0.3 is 10.1 Å². The number of rotatable bonds is 11. The molecule has 0 spiro atoms. The third-order valence-electron chi connectivity index (χ3n) is 2.11. The van der Waals surface area contributed by atoms with E-state index in [1.807, 2.05) is 10.8 Å². The third kappa shape index (κ3) is 16.1. The average Bonchev–Trinajstić information content (AvgIpc) is 2.32. The number of carbonyl (C=O) groups is 1. The first-order valence-corrected chi connectivity index (χ1v) is 9.53. The molecule has 1 amide bonds. The molecule has 0 rings (SSSR count). The van der Waals surface area contributed by atoms with Crippen molar-refractivity contribution in [3.63, 3.8) is 0 Å². The van der Waals surface area contributed by atoms with E-state index in [1.165, 1.54) is 6.42 Å². The molecule has 3 nitrogen and oxygen atoms in total. The Balaban J connectivity index is 3.25. The Morgan fingerprint density at radius 3 is 2.53 bits per heavy atom. The van der Waals surface area contributed by atoms with Crippen LogP contribution in [-0.4, -0.2) is 37.2 Å². The molecule has 0 aromatic heterocycles. The van der Waals surface area contributed by atoms with E-state index in [0.717, 1.165) is 37.7 Å². The van der Waals surface area contributed by atoms with Gasteiger partial charge in [0.1, 0.15) is 0 Å². The maximum Gasteiger partial charge on any atom is 0.220 e. The van der Waals surface area contributed by atoms with Crippen LogP contribution >= 0.6 is 21.6 Å². The van der Waals surface area contributed by atoms with E-state index in [4.69, 9.17) is 4.74 Å². The summed E-state index contributed by atoms with van der Waals surface area (Å²) in [5.41, 5.74) is 0.219. The maximum absolute atomic E-state index is 11.5. The van der Waals surface area contributed by atoms with Crippen LogP contribution < -0.4 is 5.32 Å². The number of carbonyl (C=O) groups excluding carboxylic acids is 1. The van der Waals surface area contributed by atoms with E-state index in [-0.39, 0.29) is 11.3 Å². The molecule has 5 heteroatoms. The fraction of sp³-hybridized carbons (Fsp3) is 0.929. The van der Waals surface area contributed by atoms with Crippen LogP contribution in [0.15, 0.2) is 0 Å². The molecule has 0 aliphatic carbocycles. The fourth-order valence-corrected chi connectivity index (χ4v) is 3.33. The van der Waals surface area contributed by atoms with Crippen LogP contribution in [0.5, 0.6) is 0 Å². The van der Waals surface area contributed by atoms with Crippen molar-refractivity contribution in [2.45, 2.75) is 47.0 Å². The summed E-state index contributed by atoms with van der Waals surface area (Å²) >= 11 is 0. The zero-order valence-corrected chi connectivity index (χ0v) is 14.4. The first-order valence-electron chi connectivity index (χ1n) is 7.04. The van der Waals surface area contributed by atoms with Crippen molar-refractivity contribution in [3.8, 4) is 0 Å². The van der Waals surface area contributed by atoms with E-state index in [9.17, 15) is 4.79 Å². The third-order valence-corrected chi connectivity index (χ3v) is 4.72. The van der Waals surface area contributed by atoms with Gasteiger partial charge >= 0.3 is 0 Å². The maximum atomic E-state index is 11.5. The van der Waals surface area contributed by atoms with Crippen LogP contribution in [-0.2, 0) is 9.53 Å². The molecule has 0 radical (unpaired) electrons. The molecule has 114 valence electrons. The number of hydrogen-bond acceptors (Lipinski definition) is 4. The largest absolute Gasteiger partial charge is 0.381 e. The molecular formula is C14H29NO2S2. The molecule has 0 saturated heterocycles. The van der Waals surface area contributed by atoms with Crippen LogP contribution in [0.1, 0.15) is 47.0 Å². The predicted molar refractivity (Wildman–Crippen MR) is 87.7 cm³/mol. The second-order valence-corrected chi connectivity index (χ2v) is 8.41. The van der Waals surface area contributed by atoms with Gasteiger partial charge in [-0.25, -0.2) is 0 Å². The average molecular weight is 308 g/mol. The van der Waals surface area contributed by atoms with Gasteiger partial charge in [-0.2, -0.15) is 0 Å². The highest BCUT2D eigenvalue weighted by molar-refractivity contribution is 8.76. The van der Waals surface area contributed by atoms with Crippen LogP contribution in [0.4, 0.5) is 0 Å². The summed E-state index contributed by atoms with van der Waals surface area (Å²) in [6.07, 6.45) is 2.70. The number of nitrogens with one attached hydrogen (secondary N) is 1. The van der Waals surface area contributed by atoms with Gasteiger partial charge in [-0.3, -0.25) is 4.79 Å². The number of hydrogen-bond donors (Lipinski definition) is 1. The van der Waals surface area contributed by atoms with E-state index < -0.39 is 0 Å². The Labute approximate surface area is 126 Å². The summed E-state index contributed by atoms with van der Waals surface area (Å²) in [5, 5.41) is 2.93. The van der Waals surface area contributed by atoms with Gasteiger partial charge in [0.05, 0.1) is 6.61 Å². The number of amides is 1. The van der Waals surface area contributed by atoms with Crippen molar-refractivity contribution >= 4 is 27.5 Å². The molecule has 0 unspecified atom stereocenters. The van der Waals surface area contributed by atoms with Gasteiger partial charge in [-0.05, 0) is 18.3 Å². The van der Waals surface area contributed by atoms with Gasteiger partial charge in [0.2, 0.25) is 5.91 Å². The SMILES string of the molecule is CCCSSCCC(=O)NCCCOCC(C)(C)C. The minimum absolute atomic E-state index is 0.153. The lowest BCUT2D eigenvalue weighted by Crippen LogP contribution is -2.26. The normalized spacial score (nSPS) is 11.6. The molecule has 1 N–H and O–H groups in total. The van der Waals surface area contributed by atoms with Gasteiger partial charge in [-0.15, -0.1) is 0 Å². The predicted octanol–water partition coefficient (Wildman–Crippen LogP) is 3.74. The molecule has 0 aliphatic rings. The Morgan fingerprint density at radius 2 is 1.89 bits per heavy atom. The highest BCUT2D eigenvalue weighted by Crippen LogP contribution is 2.22. The molecule has 0 saturated carbocycles. The molecule has 0 heterocycles. The highest BCUT2D eigenvalue weighted by Gasteiger charge is 2.09. The van der Waals surface area contributed by atoms with Crippen LogP contribution in [0.3, 0.4) is 0 Å². The monoisotopic (exact) mass is 307 g/mol. The van der Waals surface area contributed by atoms with E-state index >= 15 is 0 Å². The van der Waals surface area contributed by atoms with Crippen LogP contribution in [0.25, 0.3) is 0 Å². The second-order valence-electron chi connectivity index (χ2n) is 5.71. The molecule has 0 atom stereocenters. The van der Waals surface area contributed by atoms with Crippen molar-refractivity contribution in [3.05, 3.63) is 0 Å². The number of ether oxygens (including phenoxy) is 1.